The van der Waals surface area contributed by atoms with E-state index in [0.717, 1.165) is 11.1 Å². The van der Waals surface area contributed by atoms with Crippen LogP contribution in [0.15, 0.2) is 42.5 Å². The quantitative estimate of drug-likeness (QED) is 0.454. The lowest BCUT2D eigenvalue weighted by Gasteiger charge is -2.08. The zero-order valence-electron chi connectivity index (χ0n) is 14.1. The summed E-state index contributed by atoms with van der Waals surface area (Å²) in [6, 6.07) is 11.5. The molecule has 0 amide bonds. The fourth-order valence-corrected chi connectivity index (χ4v) is 2.03. The number of esters is 1. The van der Waals surface area contributed by atoms with Gasteiger partial charge in [-0.15, -0.1) is 0 Å². The molecule has 0 saturated carbocycles. The third-order valence-electron chi connectivity index (χ3n) is 3.44. The molecule has 0 fully saturated rings. The minimum atomic E-state index is -1.04. The van der Waals surface area contributed by atoms with Crippen molar-refractivity contribution in [1.82, 2.24) is 0 Å². The molecule has 0 bridgehead atoms. The first-order chi connectivity index (χ1) is 12.0. The lowest BCUT2D eigenvalue weighted by atomic mass is 10.1. The summed E-state index contributed by atoms with van der Waals surface area (Å²) < 4.78 is 15.5. The number of carbonyl (C=O) groups excluding carboxylic acids is 1. The van der Waals surface area contributed by atoms with Crippen LogP contribution in [0.3, 0.4) is 0 Å². The van der Waals surface area contributed by atoms with Crippen molar-refractivity contribution >= 4 is 18.1 Å². The minimum absolute atomic E-state index is 0.370. The van der Waals surface area contributed by atoms with Gasteiger partial charge in [0.1, 0.15) is 23.3 Å². The van der Waals surface area contributed by atoms with Gasteiger partial charge in [0, 0.05) is 6.07 Å². The number of hydrogen-bond donors (Lipinski definition) is 2. The van der Waals surface area contributed by atoms with Gasteiger partial charge in [0.05, 0.1) is 20.8 Å². The van der Waals surface area contributed by atoms with E-state index in [2.05, 4.69) is 0 Å². The van der Waals surface area contributed by atoms with Crippen molar-refractivity contribution in [1.29, 1.82) is 0 Å². The Morgan fingerprint density at radius 1 is 1.00 bits per heavy atom. The molecule has 0 aliphatic rings. The smallest absolute Gasteiger partial charge is 0.330 e. The third-order valence-corrected chi connectivity index (χ3v) is 3.44. The minimum Gasteiger partial charge on any atom is -0.497 e. The zero-order valence-corrected chi connectivity index (χ0v) is 14.1. The van der Waals surface area contributed by atoms with Gasteiger partial charge in [-0.1, -0.05) is 24.3 Å². The van der Waals surface area contributed by atoms with Crippen molar-refractivity contribution < 1.29 is 24.1 Å². The van der Waals surface area contributed by atoms with E-state index in [9.17, 15) is 4.79 Å². The molecule has 1 atom stereocenters. The maximum Gasteiger partial charge on any atom is 0.330 e. The van der Waals surface area contributed by atoms with Gasteiger partial charge >= 0.3 is 5.97 Å². The summed E-state index contributed by atoms with van der Waals surface area (Å²) in [6.07, 6.45) is 3.84. The fraction of sp³-hybridized carbons (Fsp3) is 0.211. The summed E-state index contributed by atoms with van der Waals surface area (Å²) in [5.74, 6) is 1.12. The highest BCUT2D eigenvalue weighted by Gasteiger charge is 2.14. The van der Waals surface area contributed by atoms with Gasteiger partial charge < -0.3 is 25.1 Å². The summed E-state index contributed by atoms with van der Waals surface area (Å²) in [5, 5.41) is 8.83. The lowest BCUT2D eigenvalue weighted by Crippen LogP contribution is -2.37. The summed E-state index contributed by atoms with van der Waals surface area (Å²) in [5.41, 5.74) is 7.25. The van der Waals surface area contributed by atoms with Gasteiger partial charge in [-0.3, -0.25) is 0 Å². The number of methoxy groups -OCH3 is 2. The second-order valence-electron chi connectivity index (χ2n) is 5.26. The van der Waals surface area contributed by atoms with Crippen LogP contribution < -0.4 is 19.9 Å². The van der Waals surface area contributed by atoms with Crippen LogP contribution in [-0.4, -0.2) is 37.9 Å². The number of ether oxygens (including phenoxy) is 3. The zero-order chi connectivity index (χ0) is 18.2. The van der Waals surface area contributed by atoms with Gasteiger partial charge in [-0.05, 0) is 35.4 Å². The standard InChI is InChI=1S/C19H21NO5/c1-23-16-9-14(10-17(11-16)24-2)4-3-13-5-7-15(8-6-13)25-19(22)18(20)12-21/h3-11,18,21H,12,20H2,1-2H3/b4-3+. The topological polar surface area (TPSA) is 91.0 Å². The number of hydrogen-bond acceptors (Lipinski definition) is 6. The third kappa shape index (κ3) is 5.34. The second-order valence-corrected chi connectivity index (χ2v) is 5.26. The molecule has 132 valence electrons. The van der Waals surface area contributed by atoms with E-state index in [1.807, 2.05) is 24.3 Å². The molecule has 6 nitrogen and oxygen atoms in total. The van der Waals surface area contributed by atoms with Crippen LogP contribution in [0.1, 0.15) is 11.1 Å². The molecular weight excluding hydrogens is 322 g/mol. The number of aliphatic hydroxyl groups is 1. The molecule has 0 aliphatic carbocycles. The van der Waals surface area contributed by atoms with E-state index in [1.165, 1.54) is 0 Å². The van der Waals surface area contributed by atoms with Gasteiger partial charge in [0.15, 0.2) is 0 Å². The predicted octanol–water partition coefficient (Wildman–Crippen LogP) is 2.10. The normalized spacial score (nSPS) is 12.0. The Morgan fingerprint density at radius 3 is 2.08 bits per heavy atom. The summed E-state index contributed by atoms with van der Waals surface area (Å²) in [7, 11) is 3.20. The monoisotopic (exact) mass is 343 g/mol. The highest BCUT2D eigenvalue weighted by molar-refractivity contribution is 5.78. The fourth-order valence-electron chi connectivity index (χ4n) is 2.03. The van der Waals surface area contributed by atoms with E-state index < -0.39 is 18.6 Å². The van der Waals surface area contributed by atoms with E-state index in [1.54, 1.807) is 44.6 Å². The molecule has 25 heavy (non-hydrogen) atoms. The molecule has 2 aromatic carbocycles. The van der Waals surface area contributed by atoms with Crippen molar-refractivity contribution in [2.75, 3.05) is 20.8 Å². The summed E-state index contributed by atoms with van der Waals surface area (Å²) in [4.78, 5) is 11.5. The second kappa shape index (κ2) is 8.86. The van der Waals surface area contributed by atoms with E-state index >= 15 is 0 Å². The Balaban J connectivity index is 2.08. The summed E-state index contributed by atoms with van der Waals surface area (Å²) in [6.45, 7) is -0.455. The molecule has 0 aromatic heterocycles. The highest BCUT2D eigenvalue weighted by atomic mass is 16.5. The van der Waals surface area contributed by atoms with Crippen LogP contribution in [0.5, 0.6) is 17.2 Å². The van der Waals surface area contributed by atoms with Crippen molar-refractivity contribution in [3.63, 3.8) is 0 Å². The Kier molecular flexibility index (Phi) is 6.56. The van der Waals surface area contributed by atoms with Gasteiger partial charge in [0.2, 0.25) is 0 Å². The van der Waals surface area contributed by atoms with Crippen molar-refractivity contribution in [3.8, 4) is 17.2 Å². The average Bonchev–Trinajstić information content (AvgIpc) is 2.66. The van der Waals surface area contributed by atoms with Crippen LogP contribution in [0.2, 0.25) is 0 Å². The molecule has 0 heterocycles. The lowest BCUT2D eigenvalue weighted by molar-refractivity contribution is -0.136. The first-order valence-corrected chi connectivity index (χ1v) is 7.65. The Hall–Kier alpha value is -2.83. The van der Waals surface area contributed by atoms with Crippen LogP contribution >= 0.6 is 0 Å². The van der Waals surface area contributed by atoms with E-state index in [-0.39, 0.29) is 0 Å². The first kappa shape index (κ1) is 18.5. The average molecular weight is 343 g/mol. The molecular formula is C19H21NO5. The Labute approximate surface area is 146 Å². The number of rotatable bonds is 7. The van der Waals surface area contributed by atoms with Gasteiger partial charge in [0.25, 0.3) is 0 Å². The molecule has 0 saturated heterocycles. The molecule has 0 radical (unpaired) electrons. The van der Waals surface area contributed by atoms with Crippen LogP contribution in [0, 0.1) is 0 Å². The maximum absolute atomic E-state index is 11.5. The molecule has 3 N–H and O–H groups in total. The van der Waals surface area contributed by atoms with Gasteiger partial charge in [-0.2, -0.15) is 0 Å². The molecule has 0 aliphatic heterocycles. The number of carbonyl (C=O) groups is 1. The molecule has 1 unspecified atom stereocenters. The van der Waals surface area contributed by atoms with Crippen LogP contribution in [-0.2, 0) is 4.79 Å². The number of benzene rings is 2. The number of aliphatic hydroxyl groups excluding tert-OH is 1. The van der Waals surface area contributed by atoms with Crippen molar-refractivity contribution in [3.05, 3.63) is 53.6 Å². The highest BCUT2D eigenvalue weighted by Crippen LogP contribution is 2.24. The van der Waals surface area contributed by atoms with Crippen molar-refractivity contribution in [2.45, 2.75) is 6.04 Å². The predicted molar refractivity (Wildman–Crippen MR) is 95.6 cm³/mol. The molecule has 6 heteroatoms. The number of nitrogens with two attached hydrogens (primary N) is 1. The van der Waals surface area contributed by atoms with Gasteiger partial charge in [-0.25, -0.2) is 4.79 Å². The maximum atomic E-state index is 11.5. The largest absolute Gasteiger partial charge is 0.497 e. The molecule has 0 spiro atoms. The first-order valence-electron chi connectivity index (χ1n) is 7.65. The SMILES string of the molecule is COc1cc(/C=C/c2ccc(OC(=O)C(N)CO)cc2)cc(OC)c1. The van der Waals surface area contributed by atoms with E-state index in [4.69, 9.17) is 25.1 Å². The van der Waals surface area contributed by atoms with E-state index in [0.29, 0.717) is 17.2 Å². The van der Waals surface area contributed by atoms with Crippen LogP contribution in [0.25, 0.3) is 12.2 Å². The Bertz CT molecular complexity index is 718. The summed E-state index contributed by atoms with van der Waals surface area (Å²) >= 11 is 0. The Morgan fingerprint density at radius 2 is 1.56 bits per heavy atom. The molecule has 2 aromatic rings. The van der Waals surface area contributed by atoms with Crippen molar-refractivity contribution in [2.24, 2.45) is 5.73 Å². The molecule has 2 rings (SSSR count). The van der Waals surface area contributed by atoms with Crippen LogP contribution in [0.4, 0.5) is 0 Å².